The second-order valence-corrected chi connectivity index (χ2v) is 6.00. The van der Waals surface area contributed by atoms with Gasteiger partial charge in [0.15, 0.2) is 0 Å². The Labute approximate surface area is 139 Å². The Balaban J connectivity index is 1.72. The van der Waals surface area contributed by atoms with Crippen LogP contribution in [0.2, 0.25) is 5.02 Å². The molecular formula is C17H16ClN3O2. The summed E-state index contributed by atoms with van der Waals surface area (Å²) < 4.78 is 0. The molecule has 3 rings (SSSR count). The molecule has 2 aromatic rings. The van der Waals surface area contributed by atoms with E-state index in [4.69, 9.17) is 11.6 Å². The minimum absolute atomic E-state index is 0.0685. The number of nitrogens with one attached hydrogen (secondary N) is 1. The Bertz CT molecular complexity index is 749. The lowest BCUT2D eigenvalue weighted by Gasteiger charge is -2.16. The van der Waals surface area contributed by atoms with Crippen molar-refractivity contribution in [2.75, 3.05) is 16.8 Å². The molecule has 1 aromatic carbocycles. The monoisotopic (exact) mass is 329 g/mol. The van der Waals surface area contributed by atoms with Crippen LogP contribution in [0.3, 0.4) is 0 Å². The summed E-state index contributed by atoms with van der Waals surface area (Å²) in [5.74, 6) is -0.628. The summed E-state index contributed by atoms with van der Waals surface area (Å²) in [5, 5.41) is 3.43. The molecule has 1 aliphatic heterocycles. The average molecular weight is 330 g/mol. The lowest BCUT2D eigenvalue weighted by molar-refractivity contribution is -0.122. The molecule has 2 amide bonds. The summed E-state index contributed by atoms with van der Waals surface area (Å²) in [4.78, 5) is 30.2. The number of hydrogen-bond donors (Lipinski definition) is 1. The van der Waals surface area contributed by atoms with E-state index in [0.717, 1.165) is 5.56 Å². The van der Waals surface area contributed by atoms with E-state index < -0.39 is 0 Å². The van der Waals surface area contributed by atoms with Gasteiger partial charge in [0.1, 0.15) is 0 Å². The summed E-state index contributed by atoms with van der Waals surface area (Å²) in [5.41, 5.74) is 2.32. The molecule has 0 aliphatic carbocycles. The summed E-state index contributed by atoms with van der Waals surface area (Å²) in [6, 6.07) is 8.91. The van der Waals surface area contributed by atoms with Gasteiger partial charge in [-0.2, -0.15) is 0 Å². The highest BCUT2D eigenvalue weighted by atomic mass is 35.5. The first-order valence-corrected chi connectivity index (χ1v) is 7.70. The lowest BCUT2D eigenvalue weighted by atomic mass is 10.1. The number of rotatable bonds is 3. The third-order valence-corrected chi connectivity index (χ3v) is 4.15. The second-order valence-electron chi connectivity index (χ2n) is 5.57. The number of hydrogen-bond acceptors (Lipinski definition) is 3. The SMILES string of the molecule is Cc1ccc(Cl)cc1NC(=O)C1CC(=O)N(c2cccnc2)C1. The number of anilines is 2. The largest absolute Gasteiger partial charge is 0.325 e. The molecule has 1 N–H and O–H groups in total. The average Bonchev–Trinajstić information content (AvgIpc) is 2.94. The smallest absolute Gasteiger partial charge is 0.229 e. The number of carbonyl (C=O) groups is 2. The lowest BCUT2D eigenvalue weighted by Crippen LogP contribution is -2.28. The molecule has 6 heteroatoms. The molecule has 0 radical (unpaired) electrons. The summed E-state index contributed by atoms with van der Waals surface area (Å²) in [7, 11) is 0. The maximum absolute atomic E-state index is 12.5. The van der Waals surface area contributed by atoms with Gasteiger partial charge >= 0.3 is 0 Å². The molecule has 0 bridgehead atoms. The van der Waals surface area contributed by atoms with Gasteiger partial charge in [-0.1, -0.05) is 17.7 Å². The van der Waals surface area contributed by atoms with Crippen molar-refractivity contribution in [3.8, 4) is 0 Å². The highest BCUT2D eigenvalue weighted by Crippen LogP contribution is 2.26. The Morgan fingerprint density at radius 2 is 2.22 bits per heavy atom. The molecule has 1 aromatic heterocycles. The van der Waals surface area contributed by atoms with Crippen molar-refractivity contribution in [2.24, 2.45) is 5.92 Å². The number of benzene rings is 1. The molecule has 2 heterocycles. The van der Waals surface area contributed by atoms with Gasteiger partial charge in [-0.3, -0.25) is 14.6 Å². The predicted molar refractivity (Wildman–Crippen MR) is 89.5 cm³/mol. The number of amides is 2. The number of nitrogens with zero attached hydrogens (tertiary/aromatic N) is 2. The van der Waals surface area contributed by atoms with Gasteiger partial charge < -0.3 is 10.2 Å². The van der Waals surface area contributed by atoms with Crippen LogP contribution in [0.1, 0.15) is 12.0 Å². The molecule has 118 valence electrons. The Morgan fingerprint density at radius 3 is 2.96 bits per heavy atom. The number of carbonyl (C=O) groups excluding carboxylic acids is 2. The van der Waals surface area contributed by atoms with Crippen molar-refractivity contribution in [1.29, 1.82) is 0 Å². The van der Waals surface area contributed by atoms with Crippen LogP contribution in [-0.2, 0) is 9.59 Å². The van der Waals surface area contributed by atoms with Crippen molar-refractivity contribution < 1.29 is 9.59 Å². The predicted octanol–water partition coefficient (Wildman–Crippen LogP) is 3.04. The molecule has 1 aliphatic rings. The fourth-order valence-corrected chi connectivity index (χ4v) is 2.78. The van der Waals surface area contributed by atoms with E-state index in [1.54, 1.807) is 35.5 Å². The van der Waals surface area contributed by atoms with E-state index >= 15 is 0 Å². The van der Waals surface area contributed by atoms with Crippen LogP contribution in [0, 0.1) is 12.8 Å². The van der Waals surface area contributed by atoms with E-state index in [0.29, 0.717) is 22.9 Å². The van der Waals surface area contributed by atoms with Gasteiger partial charge in [0.2, 0.25) is 11.8 Å². The number of halogens is 1. The van der Waals surface area contributed by atoms with Crippen molar-refractivity contribution in [3.63, 3.8) is 0 Å². The normalized spacial score (nSPS) is 17.4. The molecule has 1 fully saturated rings. The van der Waals surface area contributed by atoms with E-state index in [9.17, 15) is 9.59 Å². The van der Waals surface area contributed by atoms with Crippen LogP contribution in [0.5, 0.6) is 0 Å². The second kappa shape index (κ2) is 6.38. The van der Waals surface area contributed by atoms with Gasteiger partial charge in [0.25, 0.3) is 0 Å². The highest BCUT2D eigenvalue weighted by Gasteiger charge is 2.35. The van der Waals surface area contributed by atoms with E-state index in [1.165, 1.54) is 0 Å². The maximum Gasteiger partial charge on any atom is 0.229 e. The van der Waals surface area contributed by atoms with Crippen LogP contribution in [0.4, 0.5) is 11.4 Å². The standard InChI is InChI=1S/C17H16ClN3O2/c1-11-4-5-13(18)8-15(11)20-17(23)12-7-16(22)21(10-12)14-3-2-6-19-9-14/h2-6,8-9,12H,7,10H2,1H3,(H,20,23). The topological polar surface area (TPSA) is 62.3 Å². The number of aromatic nitrogens is 1. The molecule has 23 heavy (non-hydrogen) atoms. The first kappa shape index (κ1) is 15.5. The van der Waals surface area contributed by atoms with Gasteiger partial charge in [0.05, 0.1) is 17.8 Å². The van der Waals surface area contributed by atoms with Gasteiger partial charge in [-0.05, 0) is 36.8 Å². The zero-order chi connectivity index (χ0) is 16.4. The molecule has 0 saturated carbocycles. The first-order valence-electron chi connectivity index (χ1n) is 7.32. The zero-order valence-corrected chi connectivity index (χ0v) is 13.4. The summed E-state index contributed by atoms with van der Waals surface area (Å²) in [6.45, 7) is 2.25. The van der Waals surface area contributed by atoms with Crippen LogP contribution >= 0.6 is 11.6 Å². The van der Waals surface area contributed by atoms with Gasteiger partial charge in [-0.25, -0.2) is 0 Å². The fourth-order valence-electron chi connectivity index (χ4n) is 2.61. The van der Waals surface area contributed by atoms with Crippen LogP contribution in [-0.4, -0.2) is 23.3 Å². The van der Waals surface area contributed by atoms with Gasteiger partial charge in [0, 0.05) is 29.9 Å². The number of pyridine rings is 1. The third-order valence-electron chi connectivity index (χ3n) is 3.91. The number of aryl methyl sites for hydroxylation is 1. The van der Waals surface area contributed by atoms with Crippen molar-refractivity contribution in [3.05, 3.63) is 53.3 Å². The Kier molecular flexibility index (Phi) is 4.30. The quantitative estimate of drug-likeness (QED) is 0.941. The van der Waals surface area contributed by atoms with E-state index in [-0.39, 0.29) is 24.2 Å². The summed E-state index contributed by atoms with van der Waals surface area (Å²) >= 11 is 5.97. The summed E-state index contributed by atoms with van der Waals surface area (Å²) in [6.07, 6.45) is 3.47. The third kappa shape index (κ3) is 3.35. The van der Waals surface area contributed by atoms with Gasteiger partial charge in [-0.15, -0.1) is 0 Å². The van der Waals surface area contributed by atoms with Crippen molar-refractivity contribution in [2.45, 2.75) is 13.3 Å². The molecule has 1 atom stereocenters. The van der Waals surface area contributed by atoms with Crippen LogP contribution < -0.4 is 10.2 Å². The van der Waals surface area contributed by atoms with Crippen molar-refractivity contribution >= 4 is 34.8 Å². The zero-order valence-electron chi connectivity index (χ0n) is 12.6. The maximum atomic E-state index is 12.5. The minimum Gasteiger partial charge on any atom is -0.325 e. The molecule has 1 saturated heterocycles. The van der Waals surface area contributed by atoms with E-state index in [2.05, 4.69) is 10.3 Å². The fraction of sp³-hybridized carbons (Fsp3) is 0.235. The molecule has 1 unspecified atom stereocenters. The Morgan fingerprint density at radius 1 is 1.39 bits per heavy atom. The highest BCUT2D eigenvalue weighted by molar-refractivity contribution is 6.31. The van der Waals surface area contributed by atoms with Crippen molar-refractivity contribution in [1.82, 2.24) is 4.98 Å². The van der Waals surface area contributed by atoms with Crippen LogP contribution in [0.15, 0.2) is 42.7 Å². The minimum atomic E-state index is -0.388. The molecule has 0 spiro atoms. The van der Waals surface area contributed by atoms with Crippen LogP contribution in [0.25, 0.3) is 0 Å². The first-order chi connectivity index (χ1) is 11.0. The molecular weight excluding hydrogens is 314 g/mol. The Hall–Kier alpha value is -2.40. The van der Waals surface area contributed by atoms with E-state index in [1.807, 2.05) is 19.1 Å². The molecule has 5 nitrogen and oxygen atoms in total.